The first-order chi connectivity index (χ1) is 18.9. The van der Waals surface area contributed by atoms with E-state index in [1.165, 1.54) is 12.3 Å². The summed E-state index contributed by atoms with van der Waals surface area (Å²) in [4.78, 5) is 37.8. The molecule has 0 spiro atoms. The van der Waals surface area contributed by atoms with E-state index in [9.17, 15) is 14.4 Å². The van der Waals surface area contributed by atoms with Crippen LogP contribution in [-0.2, 0) is 16.2 Å². The van der Waals surface area contributed by atoms with Gasteiger partial charge in [0.25, 0.3) is 5.91 Å². The molecule has 4 aromatic carbocycles. The molecule has 3 amide bonds. The van der Waals surface area contributed by atoms with Gasteiger partial charge in [-0.15, -0.1) is 0 Å². The maximum atomic E-state index is 12.8. The number of hydrogen-bond acceptors (Lipinski definition) is 5. The van der Waals surface area contributed by atoms with Crippen LogP contribution >= 0.6 is 15.9 Å². The standard InChI is InChI=1S/C30H25BrN4O4/c1-20-11-14-24(15-12-20)33-28(36)25-9-5-6-10-26(25)34-29(37)30(38)35-32-18-22-17-23(31)13-16-27(22)39-19-21-7-3-2-4-8-21/h2-18H,19H2,1H3,(H,33,36)(H,34,37)(H,35,38)/b32-18-. The van der Waals surface area contributed by atoms with Gasteiger partial charge in [-0.05, 0) is 55.0 Å². The molecule has 0 fully saturated rings. The van der Waals surface area contributed by atoms with Gasteiger partial charge < -0.3 is 15.4 Å². The molecule has 0 radical (unpaired) electrons. The van der Waals surface area contributed by atoms with Crippen LogP contribution in [0.4, 0.5) is 11.4 Å². The summed E-state index contributed by atoms with van der Waals surface area (Å²) in [7, 11) is 0. The monoisotopic (exact) mass is 584 g/mol. The first kappa shape index (κ1) is 27.3. The molecule has 0 aromatic heterocycles. The third kappa shape index (κ3) is 7.86. The molecule has 0 aliphatic rings. The molecular formula is C30H25BrN4O4. The zero-order chi connectivity index (χ0) is 27.6. The number of anilines is 2. The minimum absolute atomic E-state index is 0.190. The molecule has 0 atom stereocenters. The molecule has 0 aliphatic heterocycles. The van der Waals surface area contributed by atoms with E-state index in [2.05, 4.69) is 37.1 Å². The lowest BCUT2D eigenvalue weighted by atomic mass is 10.1. The fourth-order valence-electron chi connectivity index (χ4n) is 3.50. The number of ether oxygens (including phenoxy) is 1. The van der Waals surface area contributed by atoms with Crippen molar-refractivity contribution in [1.82, 2.24) is 5.43 Å². The molecule has 4 rings (SSSR count). The number of amides is 3. The van der Waals surface area contributed by atoms with Gasteiger partial charge in [-0.2, -0.15) is 5.10 Å². The number of hydrazone groups is 1. The van der Waals surface area contributed by atoms with Crippen LogP contribution in [0.5, 0.6) is 5.75 Å². The number of rotatable bonds is 8. The highest BCUT2D eigenvalue weighted by molar-refractivity contribution is 9.10. The molecule has 0 heterocycles. The summed E-state index contributed by atoms with van der Waals surface area (Å²) < 4.78 is 6.70. The van der Waals surface area contributed by atoms with Crippen molar-refractivity contribution >= 4 is 51.2 Å². The summed E-state index contributed by atoms with van der Waals surface area (Å²) in [5.41, 5.74) is 5.88. The first-order valence-corrected chi connectivity index (χ1v) is 12.8. The lowest BCUT2D eigenvalue weighted by Gasteiger charge is -2.11. The average Bonchev–Trinajstić information content (AvgIpc) is 2.94. The van der Waals surface area contributed by atoms with Crippen molar-refractivity contribution in [3.8, 4) is 5.75 Å². The molecule has 8 nitrogen and oxygen atoms in total. The predicted molar refractivity (Wildman–Crippen MR) is 155 cm³/mol. The van der Waals surface area contributed by atoms with Crippen molar-refractivity contribution < 1.29 is 19.1 Å². The highest BCUT2D eigenvalue weighted by Gasteiger charge is 2.18. The first-order valence-electron chi connectivity index (χ1n) is 12.0. The van der Waals surface area contributed by atoms with Crippen molar-refractivity contribution in [2.45, 2.75) is 13.5 Å². The number of benzene rings is 4. The fourth-order valence-corrected chi connectivity index (χ4v) is 3.88. The second kappa shape index (κ2) is 13.2. The minimum Gasteiger partial charge on any atom is -0.488 e. The van der Waals surface area contributed by atoms with Crippen molar-refractivity contribution in [3.05, 3.63) is 124 Å². The van der Waals surface area contributed by atoms with E-state index in [1.54, 1.807) is 42.5 Å². The second-order valence-corrected chi connectivity index (χ2v) is 9.39. The van der Waals surface area contributed by atoms with Gasteiger partial charge in [0.05, 0.1) is 17.5 Å². The second-order valence-electron chi connectivity index (χ2n) is 8.48. The van der Waals surface area contributed by atoms with E-state index < -0.39 is 17.7 Å². The largest absolute Gasteiger partial charge is 0.488 e. The Morgan fingerprint density at radius 3 is 2.33 bits per heavy atom. The van der Waals surface area contributed by atoms with Crippen molar-refractivity contribution in [3.63, 3.8) is 0 Å². The number of nitrogens with zero attached hydrogens (tertiary/aromatic N) is 1. The molecule has 4 aromatic rings. The Bertz CT molecular complexity index is 1510. The smallest absolute Gasteiger partial charge is 0.329 e. The summed E-state index contributed by atoms with van der Waals surface area (Å²) in [5, 5.41) is 9.17. The molecule has 0 aliphatic carbocycles. The van der Waals surface area contributed by atoms with Crippen LogP contribution in [0.25, 0.3) is 0 Å². The summed E-state index contributed by atoms with van der Waals surface area (Å²) in [5.74, 6) is -1.84. The van der Waals surface area contributed by atoms with Gasteiger partial charge in [0.1, 0.15) is 12.4 Å². The molecule has 0 bridgehead atoms. The number of aryl methyl sites for hydroxylation is 1. The highest BCUT2D eigenvalue weighted by atomic mass is 79.9. The van der Waals surface area contributed by atoms with Crippen molar-refractivity contribution in [2.24, 2.45) is 5.10 Å². The van der Waals surface area contributed by atoms with Crippen LogP contribution in [0.3, 0.4) is 0 Å². The summed E-state index contributed by atoms with van der Waals surface area (Å²) in [6.07, 6.45) is 1.39. The van der Waals surface area contributed by atoms with E-state index in [-0.39, 0.29) is 11.3 Å². The number of carbonyl (C=O) groups is 3. The van der Waals surface area contributed by atoms with Crippen molar-refractivity contribution in [2.75, 3.05) is 10.6 Å². The predicted octanol–water partition coefficient (Wildman–Crippen LogP) is 5.68. The Kier molecular flexibility index (Phi) is 9.20. The third-order valence-corrected chi connectivity index (χ3v) is 6.01. The van der Waals surface area contributed by atoms with Gasteiger partial charge in [-0.3, -0.25) is 14.4 Å². The molecule has 3 N–H and O–H groups in total. The van der Waals surface area contributed by atoms with Crippen LogP contribution in [0.15, 0.2) is 107 Å². The van der Waals surface area contributed by atoms with Crippen LogP contribution in [0.1, 0.15) is 27.0 Å². The number of hydrogen-bond donors (Lipinski definition) is 3. The maximum absolute atomic E-state index is 12.8. The van der Waals surface area contributed by atoms with Crippen LogP contribution in [0, 0.1) is 6.92 Å². The molecular weight excluding hydrogens is 560 g/mol. The van der Waals surface area contributed by atoms with E-state index >= 15 is 0 Å². The van der Waals surface area contributed by atoms with Gasteiger partial charge in [0.15, 0.2) is 0 Å². The highest BCUT2D eigenvalue weighted by Crippen LogP contribution is 2.23. The number of halogens is 1. The Morgan fingerprint density at radius 2 is 1.56 bits per heavy atom. The topological polar surface area (TPSA) is 109 Å². The molecule has 0 unspecified atom stereocenters. The zero-order valence-electron chi connectivity index (χ0n) is 21.0. The number of para-hydroxylation sites is 1. The van der Waals surface area contributed by atoms with Gasteiger partial charge in [0.2, 0.25) is 0 Å². The minimum atomic E-state index is -0.998. The third-order valence-electron chi connectivity index (χ3n) is 5.51. The quantitative estimate of drug-likeness (QED) is 0.141. The van der Waals surface area contributed by atoms with E-state index in [1.807, 2.05) is 55.5 Å². The van der Waals surface area contributed by atoms with Crippen LogP contribution < -0.4 is 20.8 Å². The Hall–Kier alpha value is -4.76. The summed E-state index contributed by atoms with van der Waals surface area (Å²) in [6, 6.07) is 28.8. The van der Waals surface area contributed by atoms with E-state index in [0.717, 1.165) is 15.6 Å². The lowest BCUT2D eigenvalue weighted by Crippen LogP contribution is -2.33. The summed E-state index contributed by atoms with van der Waals surface area (Å²) >= 11 is 3.41. The van der Waals surface area contributed by atoms with Crippen LogP contribution in [0.2, 0.25) is 0 Å². The van der Waals surface area contributed by atoms with Gasteiger partial charge >= 0.3 is 11.8 Å². The Labute approximate surface area is 234 Å². The molecule has 39 heavy (non-hydrogen) atoms. The van der Waals surface area contributed by atoms with E-state index in [4.69, 9.17) is 4.74 Å². The molecule has 9 heteroatoms. The SMILES string of the molecule is Cc1ccc(NC(=O)c2ccccc2NC(=O)C(=O)N/N=C\c2cc(Br)ccc2OCc2ccccc2)cc1. The van der Waals surface area contributed by atoms with Crippen LogP contribution in [-0.4, -0.2) is 23.9 Å². The average molecular weight is 585 g/mol. The normalized spacial score (nSPS) is 10.6. The van der Waals surface area contributed by atoms with Crippen molar-refractivity contribution in [1.29, 1.82) is 0 Å². The van der Waals surface area contributed by atoms with Gasteiger partial charge in [-0.25, -0.2) is 5.43 Å². The van der Waals surface area contributed by atoms with Gasteiger partial charge in [0, 0.05) is 15.7 Å². The lowest BCUT2D eigenvalue weighted by molar-refractivity contribution is -0.136. The fraction of sp³-hybridized carbons (Fsp3) is 0.0667. The summed E-state index contributed by atoms with van der Waals surface area (Å²) in [6.45, 7) is 2.30. The number of nitrogens with one attached hydrogen (secondary N) is 3. The maximum Gasteiger partial charge on any atom is 0.329 e. The van der Waals surface area contributed by atoms with Gasteiger partial charge in [-0.1, -0.05) is 76.1 Å². The number of carbonyl (C=O) groups excluding carboxylic acids is 3. The Morgan fingerprint density at radius 1 is 0.846 bits per heavy atom. The zero-order valence-corrected chi connectivity index (χ0v) is 22.6. The molecule has 0 saturated heterocycles. The Balaban J connectivity index is 1.38. The molecule has 0 saturated carbocycles. The van der Waals surface area contributed by atoms with E-state index in [0.29, 0.717) is 23.6 Å². The molecule has 196 valence electrons.